The van der Waals surface area contributed by atoms with Crippen molar-refractivity contribution in [3.8, 4) is 11.3 Å². The molecule has 0 spiro atoms. The number of benzene rings is 1. The molecule has 1 fully saturated rings. The van der Waals surface area contributed by atoms with Crippen molar-refractivity contribution in [2.45, 2.75) is 31.9 Å². The summed E-state index contributed by atoms with van der Waals surface area (Å²) in [6.45, 7) is 2.04. The molecule has 0 aliphatic heterocycles. The zero-order valence-corrected chi connectivity index (χ0v) is 13.9. The summed E-state index contributed by atoms with van der Waals surface area (Å²) in [5.41, 5.74) is 3.29. The second-order valence-corrected chi connectivity index (χ2v) is 6.80. The number of hydrogen-bond donors (Lipinski definition) is 3. The summed E-state index contributed by atoms with van der Waals surface area (Å²) in [4.78, 5) is 15.2. The molecule has 0 bridgehead atoms. The number of aromatic amines is 1. The summed E-state index contributed by atoms with van der Waals surface area (Å²) >= 11 is 0. The van der Waals surface area contributed by atoms with E-state index in [2.05, 4.69) is 15.3 Å². The molecule has 1 saturated carbocycles. The molecule has 4 rings (SSSR count). The Morgan fingerprint density at radius 2 is 2.04 bits per heavy atom. The Kier molecular flexibility index (Phi) is 3.89. The van der Waals surface area contributed by atoms with Gasteiger partial charge < -0.3 is 15.2 Å². The second kappa shape index (κ2) is 6.09. The maximum absolute atomic E-state index is 12.4. The first-order chi connectivity index (χ1) is 12.1. The van der Waals surface area contributed by atoms with Gasteiger partial charge in [-0.3, -0.25) is 4.79 Å². The summed E-state index contributed by atoms with van der Waals surface area (Å²) in [7, 11) is 0. The number of nitrogens with one attached hydrogen (secondary N) is 1. The number of nitrogens with zero attached hydrogens (tertiary/aromatic N) is 3. The van der Waals surface area contributed by atoms with Crippen LogP contribution < -0.4 is 5.56 Å². The first kappa shape index (κ1) is 16.0. The molecule has 0 saturated heterocycles. The van der Waals surface area contributed by atoms with Crippen LogP contribution in [0.15, 0.2) is 35.1 Å². The van der Waals surface area contributed by atoms with Crippen LogP contribution in [0.1, 0.15) is 24.4 Å². The topological polar surface area (TPSA) is 104 Å². The molecule has 25 heavy (non-hydrogen) atoms. The number of aliphatic hydroxyl groups excluding tert-OH is 2. The Hall–Kier alpha value is -2.51. The molecule has 3 unspecified atom stereocenters. The molecule has 7 heteroatoms. The van der Waals surface area contributed by atoms with Gasteiger partial charge in [-0.25, -0.2) is 4.68 Å². The lowest BCUT2D eigenvalue weighted by Crippen LogP contribution is -2.19. The van der Waals surface area contributed by atoms with E-state index in [4.69, 9.17) is 0 Å². The van der Waals surface area contributed by atoms with Gasteiger partial charge in [0.15, 0.2) is 5.52 Å². The third kappa shape index (κ3) is 2.75. The van der Waals surface area contributed by atoms with Gasteiger partial charge in [-0.05, 0) is 37.3 Å². The number of fused-ring (bicyclic) bond motifs is 1. The number of rotatable bonds is 3. The highest BCUT2D eigenvalue weighted by atomic mass is 16.3. The van der Waals surface area contributed by atoms with E-state index in [9.17, 15) is 15.0 Å². The Morgan fingerprint density at radius 1 is 1.28 bits per heavy atom. The lowest BCUT2D eigenvalue weighted by atomic mass is 10.1. The summed E-state index contributed by atoms with van der Waals surface area (Å²) in [5, 5.41) is 27.8. The van der Waals surface area contributed by atoms with Gasteiger partial charge >= 0.3 is 0 Å². The minimum atomic E-state index is -0.607. The third-order valence-corrected chi connectivity index (χ3v) is 5.00. The van der Waals surface area contributed by atoms with Crippen molar-refractivity contribution < 1.29 is 10.2 Å². The van der Waals surface area contributed by atoms with Crippen LogP contribution in [0.4, 0.5) is 0 Å². The Balaban J connectivity index is 1.82. The molecule has 130 valence electrons. The van der Waals surface area contributed by atoms with Gasteiger partial charge in [0.05, 0.1) is 23.4 Å². The van der Waals surface area contributed by atoms with Gasteiger partial charge in [0.25, 0.3) is 5.56 Å². The SMILES string of the molecule is Cc1ccc(-c2cc3c(nnn3C3CC(CO)CC3O)c(=O)[nH]2)cc1. The maximum atomic E-state index is 12.4. The molecule has 2 aromatic heterocycles. The molecule has 3 N–H and O–H groups in total. The van der Waals surface area contributed by atoms with Gasteiger partial charge in [0.1, 0.15) is 0 Å². The van der Waals surface area contributed by atoms with E-state index in [0.29, 0.717) is 24.1 Å². The average Bonchev–Trinajstić information content (AvgIpc) is 3.18. The predicted octanol–water partition coefficient (Wildman–Crippen LogP) is 1.40. The van der Waals surface area contributed by atoms with Crippen LogP contribution in [0.3, 0.4) is 0 Å². The molecule has 1 aliphatic carbocycles. The second-order valence-electron chi connectivity index (χ2n) is 6.80. The Morgan fingerprint density at radius 3 is 2.72 bits per heavy atom. The normalized spacial score (nSPS) is 23.4. The van der Waals surface area contributed by atoms with E-state index in [1.807, 2.05) is 37.3 Å². The third-order valence-electron chi connectivity index (χ3n) is 5.00. The van der Waals surface area contributed by atoms with E-state index >= 15 is 0 Å². The van der Waals surface area contributed by atoms with Crippen LogP contribution in [-0.2, 0) is 0 Å². The molecule has 1 aromatic carbocycles. The largest absolute Gasteiger partial charge is 0.396 e. The van der Waals surface area contributed by atoms with Crippen molar-refractivity contribution in [3.63, 3.8) is 0 Å². The fourth-order valence-corrected chi connectivity index (χ4v) is 3.59. The lowest BCUT2D eigenvalue weighted by Gasteiger charge is -2.15. The van der Waals surface area contributed by atoms with Gasteiger partial charge in [-0.2, -0.15) is 0 Å². The van der Waals surface area contributed by atoms with Crippen LogP contribution >= 0.6 is 0 Å². The number of aliphatic hydroxyl groups is 2. The van der Waals surface area contributed by atoms with Gasteiger partial charge in [-0.1, -0.05) is 35.0 Å². The fraction of sp³-hybridized carbons (Fsp3) is 0.389. The first-order valence-corrected chi connectivity index (χ1v) is 8.41. The van der Waals surface area contributed by atoms with Crippen molar-refractivity contribution in [2.24, 2.45) is 5.92 Å². The highest BCUT2D eigenvalue weighted by Crippen LogP contribution is 2.35. The number of aromatic nitrogens is 4. The molecule has 0 amide bonds. The summed E-state index contributed by atoms with van der Waals surface area (Å²) in [6.07, 6.45) is 0.531. The van der Waals surface area contributed by atoms with E-state index in [1.165, 1.54) is 0 Å². The number of aryl methyl sites for hydroxylation is 1. The monoisotopic (exact) mass is 340 g/mol. The zero-order valence-electron chi connectivity index (χ0n) is 13.9. The number of H-pyrrole nitrogens is 1. The highest BCUT2D eigenvalue weighted by molar-refractivity contribution is 5.78. The van der Waals surface area contributed by atoms with E-state index < -0.39 is 6.10 Å². The highest BCUT2D eigenvalue weighted by Gasteiger charge is 2.35. The van der Waals surface area contributed by atoms with Crippen molar-refractivity contribution in [2.75, 3.05) is 6.61 Å². The van der Waals surface area contributed by atoms with Crippen molar-refractivity contribution in [1.29, 1.82) is 0 Å². The van der Waals surface area contributed by atoms with Crippen LogP contribution in [0.5, 0.6) is 0 Å². The first-order valence-electron chi connectivity index (χ1n) is 8.41. The standard InChI is InChI=1S/C18H20N4O3/c1-10-2-4-12(5-3-10)13-8-15-17(18(25)19-13)20-21-22(15)14-6-11(9-23)7-16(14)24/h2-5,8,11,14,16,23-24H,6-7,9H2,1H3,(H,19,25). The zero-order chi connectivity index (χ0) is 17.6. The van der Waals surface area contributed by atoms with Crippen molar-refractivity contribution in [3.05, 3.63) is 46.2 Å². The van der Waals surface area contributed by atoms with Gasteiger partial charge in [-0.15, -0.1) is 5.10 Å². The van der Waals surface area contributed by atoms with Crippen LogP contribution in [0.25, 0.3) is 22.3 Å². The maximum Gasteiger partial charge on any atom is 0.278 e. The van der Waals surface area contributed by atoms with Gasteiger partial charge in [0, 0.05) is 6.61 Å². The molecule has 7 nitrogen and oxygen atoms in total. The van der Waals surface area contributed by atoms with Crippen LogP contribution in [-0.4, -0.2) is 42.9 Å². The smallest absolute Gasteiger partial charge is 0.278 e. The van der Waals surface area contributed by atoms with Crippen LogP contribution in [0, 0.1) is 12.8 Å². The Labute approximate surface area is 143 Å². The summed E-state index contributed by atoms with van der Waals surface area (Å²) in [5.74, 6) is 0.0396. The minimum absolute atomic E-state index is 0.0371. The predicted molar refractivity (Wildman–Crippen MR) is 93.2 cm³/mol. The molecule has 1 aliphatic rings. The molecule has 2 heterocycles. The lowest BCUT2D eigenvalue weighted by molar-refractivity contribution is 0.127. The molecular weight excluding hydrogens is 320 g/mol. The fourth-order valence-electron chi connectivity index (χ4n) is 3.59. The average molecular weight is 340 g/mol. The molecular formula is C18H20N4O3. The van der Waals surface area contributed by atoms with E-state index in [-0.39, 0.29) is 29.6 Å². The van der Waals surface area contributed by atoms with E-state index in [0.717, 1.165) is 11.1 Å². The van der Waals surface area contributed by atoms with E-state index in [1.54, 1.807) is 4.68 Å². The number of pyridine rings is 1. The minimum Gasteiger partial charge on any atom is -0.396 e. The molecule has 3 atom stereocenters. The van der Waals surface area contributed by atoms with Gasteiger partial charge in [0.2, 0.25) is 0 Å². The number of hydrogen-bond acceptors (Lipinski definition) is 5. The van der Waals surface area contributed by atoms with Crippen molar-refractivity contribution >= 4 is 11.0 Å². The van der Waals surface area contributed by atoms with Crippen LogP contribution in [0.2, 0.25) is 0 Å². The van der Waals surface area contributed by atoms with Crippen molar-refractivity contribution in [1.82, 2.24) is 20.0 Å². The molecule has 3 aromatic rings. The quantitative estimate of drug-likeness (QED) is 0.668. The summed E-state index contributed by atoms with van der Waals surface area (Å²) in [6, 6.07) is 9.44. The Bertz CT molecular complexity index is 961. The molecule has 0 radical (unpaired) electrons. The summed E-state index contributed by atoms with van der Waals surface area (Å²) < 4.78 is 1.63.